The molecule has 0 bridgehead atoms. The molecule has 1 aromatic heterocycles. The van der Waals surface area contributed by atoms with Crippen molar-refractivity contribution in [2.24, 2.45) is 23.2 Å². The number of hydrogen-bond donors (Lipinski definition) is 2. The van der Waals surface area contributed by atoms with Gasteiger partial charge in [0.05, 0.1) is 18.3 Å². The monoisotopic (exact) mass is 494 g/mol. The largest absolute Gasteiger partial charge is 0.392 e. The fourth-order valence-electron chi connectivity index (χ4n) is 6.30. The zero-order chi connectivity index (χ0) is 23.9. The van der Waals surface area contributed by atoms with Crippen molar-refractivity contribution in [1.29, 1.82) is 0 Å². The van der Waals surface area contributed by atoms with Gasteiger partial charge in [-0.25, -0.2) is 4.98 Å². The molecule has 33 heavy (non-hydrogen) atoms. The molecule has 184 valence electrons. The number of rotatable bonds is 5. The van der Waals surface area contributed by atoms with E-state index in [0.717, 1.165) is 49.6 Å². The maximum absolute atomic E-state index is 13.2. The van der Waals surface area contributed by atoms with Crippen LogP contribution in [-0.4, -0.2) is 83.0 Å². The SMILES string of the molecule is C[C@H](C(=O)N1CCSCC1)[C@@H]1CC[C@]2(C)Cc3sc(NC(=O)CN(C)C)nc3[C@H](C)[C@@H]2[C@H]1O. The van der Waals surface area contributed by atoms with Gasteiger partial charge >= 0.3 is 0 Å². The van der Waals surface area contributed by atoms with Gasteiger partial charge in [-0.3, -0.25) is 9.59 Å². The van der Waals surface area contributed by atoms with E-state index in [9.17, 15) is 14.7 Å². The fraction of sp³-hybridized carbons (Fsp3) is 0.792. The standard InChI is InChI=1S/C24H38N4O3S2/c1-14(22(31)28-8-10-32-11-9-28)16-6-7-24(3)12-17-20(15(2)19(24)21(16)30)26-23(33-17)25-18(29)13-27(4)5/h14-16,19,21,30H,6-13H2,1-5H3,(H,25,26,29)/t14-,15+,16-,19+,21-,24+/m0/s1. The molecule has 1 aromatic rings. The van der Waals surface area contributed by atoms with E-state index in [1.165, 1.54) is 4.88 Å². The van der Waals surface area contributed by atoms with E-state index in [-0.39, 0.29) is 40.9 Å². The number of aromatic nitrogens is 1. The van der Waals surface area contributed by atoms with Gasteiger partial charge in [0.2, 0.25) is 11.8 Å². The van der Waals surface area contributed by atoms with Crippen molar-refractivity contribution in [1.82, 2.24) is 14.8 Å². The molecule has 1 saturated heterocycles. The van der Waals surface area contributed by atoms with Crippen LogP contribution in [0.25, 0.3) is 0 Å². The summed E-state index contributed by atoms with van der Waals surface area (Å²) in [6, 6.07) is 0. The number of fused-ring (bicyclic) bond motifs is 2. The molecule has 0 radical (unpaired) electrons. The third kappa shape index (κ3) is 4.97. The average molecular weight is 495 g/mol. The Morgan fingerprint density at radius 1 is 1.33 bits per heavy atom. The quantitative estimate of drug-likeness (QED) is 0.655. The first kappa shape index (κ1) is 24.9. The summed E-state index contributed by atoms with van der Waals surface area (Å²) in [5, 5.41) is 15.2. The summed E-state index contributed by atoms with van der Waals surface area (Å²) in [7, 11) is 3.74. The third-order valence-corrected chi connectivity index (χ3v) is 9.91. The summed E-state index contributed by atoms with van der Waals surface area (Å²) in [5.41, 5.74) is 0.985. The molecule has 6 atom stereocenters. The van der Waals surface area contributed by atoms with Crippen LogP contribution >= 0.6 is 23.1 Å². The Bertz CT molecular complexity index is 885. The van der Waals surface area contributed by atoms with Crippen LogP contribution in [0.2, 0.25) is 0 Å². The molecule has 1 saturated carbocycles. The van der Waals surface area contributed by atoms with E-state index in [2.05, 4.69) is 19.2 Å². The van der Waals surface area contributed by atoms with Crippen molar-refractivity contribution in [3.8, 4) is 0 Å². The number of nitrogens with one attached hydrogen (secondary N) is 1. The Morgan fingerprint density at radius 2 is 2.03 bits per heavy atom. The van der Waals surface area contributed by atoms with Crippen molar-refractivity contribution in [2.45, 2.75) is 52.1 Å². The second-order valence-electron chi connectivity index (χ2n) is 10.7. The van der Waals surface area contributed by atoms with E-state index in [1.807, 2.05) is 42.6 Å². The van der Waals surface area contributed by atoms with E-state index < -0.39 is 6.10 Å². The molecule has 2 amide bonds. The van der Waals surface area contributed by atoms with Gasteiger partial charge in [-0.1, -0.05) is 20.8 Å². The molecule has 7 nitrogen and oxygen atoms in total. The minimum absolute atomic E-state index is 0.0212. The Morgan fingerprint density at radius 3 is 2.70 bits per heavy atom. The number of thioether (sulfide) groups is 1. The van der Waals surface area contributed by atoms with Gasteiger partial charge in [-0.15, -0.1) is 11.3 Å². The first-order valence-electron chi connectivity index (χ1n) is 12.1. The lowest BCUT2D eigenvalue weighted by Gasteiger charge is -2.53. The second kappa shape index (κ2) is 9.84. The first-order valence-corrected chi connectivity index (χ1v) is 14.1. The number of hydrogen-bond acceptors (Lipinski definition) is 7. The number of likely N-dealkylation sites (N-methyl/N-ethyl adjacent to an activating group) is 1. The second-order valence-corrected chi connectivity index (χ2v) is 13.0. The lowest BCUT2D eigenvalue weighted by molar-refractivity contribution is -0.144. The molecule has 9 heteroatoms. The summed E-state index contributed by atoms with van der Waals surface area (Å²) in [6.45, 7) is 8.42. The summed E-state index contributed by atoms with van der Waals surface area (Å²) in [6.07, 6.45) is 2.21. The van der Waals surface area contributed by atoms with Crippen LogP contribution in [0, 0.1) is 23.2 Å². The predicted molar refractivity (Wildman–Crippen MR) is 135 cm³/mol. The van der Waals surface area contributed by atoms with Crippen LogP contribution in [0.15, 0.2) is 0 Å². The minimum atomic E-state index is -0.529. The zero-order valence-corrected chi connectivity index (χ0v) is 22.1. The van der Waals surface area contributed by atoms with Crippen LogP contribution in [-0.2, 0) is 16.0 Å². The summed E-state index contributed by atoms with van der Waals surface area (Å²) < 4.78 is 0. The summed E-state index contributed by atoms with van der Waals surface area (Å²) >= 11 is 3.48. The molecule has 0 aromatic carbocycles. The van der Waals surface area contributed by atoms with E-state index in [1.54, 1.807) is 11.3 Å². The highest BCUT2D eigenvalue weighted by Crippen LogP contribution is 2.57. The number of amides is 2. The molecule has 2 aliphatic carbocycles. The Balaban J connectivity index is 1.51. The van der Waals surface area contributed by atoms with Crippen LogP contribution in [0.1, 0.15) is 50.1 Å². The molecule has 1 aliphatic heterocycles. The molecule has 0 spiro atoms. The first-order chi connectivity index (χ1) is 15.6. The van der Waals surface area contributed by atoms with Crippen LogP contribution < -0.4 is 5.32 Å². The number of aliphatic hydroxyl groups is 1. The van der Waals surface area contributed by atoms with E-state index >= 15 is 0 Å². The number of carbonyl (C=O) groups is 2. The molecule has 2 heterocycles. The average Bonchev–Trinajstić information content (AvgIpc) is 3.14. The lowest BCUT2D eigenvalue weighted by Crippen LogP contribution is -2.54. The van der Waals surface area contributed by atoms with Gasteiger partial charge in [0.25, 0.3) is 0 Å². The fourth-order valence-corrected chi connectivity index (χ4v) is 8.48. The smallest absolute Gasteiger partial charge is 0.240 e. The number of thiazole rings is 1. The van der Waals surface area contributed by atoms with Crippen LogP contribution in [0.5, 0.6) is 0 Å². The lowest BCUT2D eigenvalue weighted by atomic mass is 9.53. The third-order valence-electron chi connectivity index (χ3n) is 7.98. The molecule has 2 fully saturated rings. The highest BCUT2D eigenvalue weighted by molar-refractivity contribution is 7.99. The minimum Gasteiger partial charge on any atom is -0.392 e. The van der Waals surface area contributed by atoms with Gasteiger partial charge < -0.3 is 20.2 Å². The number of anilines is 1. The Kier molecular flexibility index (Phi) is 7.44. The van der Waals surface area contributed by atoms with Gasteiger partial charge in [0, 0.05) is 41.3 Å². The van der Waals surface area contributed by atoms with Crippen LogP contribution in [0.3, 0.4) is 0 Å². The predicted octanol–water partition coefficient (Wildman–Crippen LogP) is 2.91. The Labute approximate surface area is 205 Å². The molecule has 0 unspecified atom stereocenters. The molecule has 4 rings (SSSR count). The Hall–Kier alpha value is -1.16. The van der Waals surface area contributed by atoms with Gasteiger partial charge in [-0.05, 0) is 50.6 Å². The van der Waals surface area contributed by atoms with Crippen molar-refractivity contribution in [3.05, 3.63) is 10.6 Å². The number of carbonyl (C=O) groups excluding carboxylic acids is 2. The van der Waals surface area contributed by atoms with Crippen LogP contribution in [0.4, 0.5) is 5.13 Å². The maximum Gasteiger partial charge on any atom is 0.240 e. The summed E-state index contributed by atoms with van der Waals surface area (Å²) in [5.74, 6) is 2.10. The van der Waals surface area contributed by atoms with E-state index in [0.29, 0.717) is 11.7 Å². The van der Waals surface area contributed by atoms with Gasteiger partial charge in [0.1, 0.15) is 0 Å². The summed E-state index contributed by atoms with van der Waals surface area (Å²) in [4.78, 5) is 35.3. The number of nitrogens with zero attached hydrogens (tertiary/aromatic N) is 3. The van der Waals surface area contributed by atoms with Gasteiger partial charge in [0.15, 0.2) is 5.13 Å². The zero-order valence-electron chi connectivity index (χ0n) is 20.5. The topological polar surface area (TPSA) is 85.8 Å². The van der Waals surface area contributed by atoms with Crippen molar-refractivity contribution in [2.75, 3.05) is 50.6 Å². The normalized spacial score (nSPS) is 32.8. The van der Waals surface area contributed by atoms with E-state index in [4.69, 9.17) is 4.98 Å². The van der Waals surface area contributed by atoms with Crippen molar-refractivity contribution >= 4 is 40.0 Å². The molecule has 3 aliphatic rings. The molecule has 2 N–H and O–H groups in total. The highest BCUT2D eigenvalue weighted by Gasteiger charge is 2.54. The molecular weight excluding hydrogens is 456 g/mol. The molecular formula is C24H38N4O3S2. The highest BCUT2D eigenvalue weighted by atomic mass is 32.2. The number of aliphatic hydroxyl groups excluding tert-OH is 1. The van der Waals surface area contributed by atoms with Gasteiger partial charge in [-0.2, -0.15) is 11.8 Å². The maximum atomic E-state index is 13.2. The van der Waals surface area contributed by atoms with Crippen molar-refractivity contribution < 1.29 is 14.7 Å². The van der Waals surface area contributed by atoms with Crippen molar-refractivity contribution in [3.63, 3.8) is 0 Å².